The van der Waals surface area contributed by atoms with Crippen molar-refractivity contribution in [3.8, 4) is 0 Å². The predicted molar refractivity (Wildman–Crippen MR) is 80.7 cm³/mol. The molecule has 0 saturated carbocycles. The van der Waals surface area contributed by atoms with E-state index < -0.39 is 0 Å². The zero-order valence-electron chi connectivity index (χ0n) is 11.8. The molecule has 0 aromatic heterocycles. The van der Waals surface area contributed by atoms with Gasteiger partial charge in [0.15, 0.2) is 0 Å². The highest BCUT2D eigenvalue weighted by atomic mass is 79.9. The van der Waals surface area contributed by atoms with Crippen molar-refractivity contribution in [3.63, 3.8) is 0 Å². The predicted octanol–water partition coefficient (Wildman–Crippen LogP) is 3.85. The standard InChI is InChI=1S/C15H24BrNO/c1-15(2,3)11-17(4)9-8-14(18)12-6-5-7-13(16)10-12/h5-7,10,14,18H,8-9,11H2,1-4H3. The molecule has 2 nitrogen and oxygen atoms in total. The fourth-order valence-electron chi connectivity index (χ4n) is 2.11. The molecule has 0 aliphatic heterocycles. The summed E-state index contributed by atoms with van der Waals surface area (Å²) in [5, 5.41) is 10.1. The van der Waals surface area contributed by atoms with Gasteiger partial charge in [-0.1, -0.05) is 48.8 Å². The molecule has 1 aromatic rings. The minimum atomic E-state index is -0.384. The first-order valence-electron chi connectivity index (χ1n) is 6.40. The van der Waals surface area contributed by atoms with E-state index in [0.717, 1.165) is 29.5 Å². The molecule has 3 heteroatoms. The summed E-state index contributed by atoms with van der Waals surface area (Å²) in [7, 11) is 2.11. The van der Waals surface area contributed by atoms with Crippen LogP contribution in [-0.2, 0) is 0 Å². The Labute approximate surface area is 119 Å². The first kappa shape index (κ1) is 15.7. The summed E-state index contributed by atoms with van der Waals surface area (Å²) in [6.45, 7) is 8.64. The molecule has 1 rings (SSSR count). The van der Waals surface area contributed by atoms with Crippen molar-refractivity contribution < 1.29 is 5.11 Å². The van der Waals surface area contributed by atoms with E-state index >= 15 is 0 Å². The molecule has 0 bridgehead atoms. The quantitative estimate of drug-likeness (QED) is 0.892. The second kappa shape index (κ2) is 6.69. The van der Waals surface area contributed by atoms with Crippen molar-refractivity contribution in [2.75, 3.05) is 20.1 Å². The summed E-state index contributed by atoms with van der Waals surface area (Å²) in [6, 6.07) is 7.89. The van der Waals surface area contributed by atoms with Gasteiger partial charge in [0.05, 0.1) is 6.10 Å². The van der Waals surface area contributed by atoms with Crippen LogP contribution in [0.1, 0.15) is 38.9 Å². The van der Waals surface area contributed by atoms with Crippen molar-refractivity contribution in [1.82, 2.24) is 4.90 Å². The highest BCUT2D eigenvalue weighted by molar-refractivity contribution is 9.10. The van der Waals surface area contributed by atoms with Crippen molar-refractivity contribution in [3.05, 3.63) is 34.3 Å². The smallest absolute Gasteiger partial charge is 0.0802 e. The molecule has 0 saturated heterocycles. The lowest BCUT2D eigenvalue weighted by Crippen LogP contribution is -2.30. The molecule has 1 aromatic carbocycles. The molecule has 0 heterocycles. The normalized spacial score (nSPS) is 13.9. The van der Waals surface area contributed by atoms with Crippen molar-refractivity contribution in [1.29, 1.82) is 0 Å². The Morgan fingerprint density at radius 3 is 2.56 bits per heavy atom. The van der Waals surface area contributed by atoms with E-state index in [0.29, 0.717) is 5.41 Å². The Balaban J connectivity index is 2.44. The molecule has 0 aliphatic carbocycles. The van der Waals surface area contributed by atoms with Gasteiger partial charge < -0.3 is 10.0 Å². The molecule has 0 amide bonds. The number of halogens is 1. The number of nitrogens with zero attached hydrogens (tertiary/aromatic N) is 1. The second-order valence-electron chi connectivity index (χ2n) is 6.16. The second-order valence-corrected chi connectivity index (χ2v) is 7.07. The van der Waals surface area contributed by atoms with Gasteiger partial charge in [-0.25, -0.2) is 0 Å². The third-order valence-electron chi connectivity index (χ3n) is 2.76. The SMILES string of the molecule is CN(CCC(O)c1cccc(Br)c1)CC(C)(C)C. The number of benzene rings is 1. The van der Waals surface area contributed by atoms with Gasteiger partial charge >= 0.3 is 0 Å². The zero-order chi connectivity index (χ0) is 13.8. The molecular weight excluding hydrogens is 290 g/mol. The first-order chi connectivity index (χ1) is 8.28. The Kier molecular flexibility index (Phi) is 5.83. The van der Waals surface area contributed by atoms with Crippen molar-refractivity contribution >= 4 is 15.9 Å². The van der Waals surface area contributed by atoms with E-state index in [-0.39, 0.29) is 6.10 Å². The maximum absolute atomic E-state index is 10.1. The summed E-state index contributed by atoms with van der Waals surface area (Å²) in [6.07, 6.45) is 0.383. The van der Waals surface area contributed by atoms with Gasteiger partial charge in [-0.3, -0.25) is 0 Å². The van der Waals surface area contributed by atoms with Crippen molar-refractivity contribution in [2.45, 2.75) is 33.3 Å². The van der Waals surface area contributed by atoms with Gasteiger partial charge in [0.2, 0.25) is 0 Å². The van der Waals surface area contributed by atoms with Gasteiger partial charge in [-0.2, -0.15) is 0 Å². The van der Waals surface area contributed by atoms with Crippen LogP contribution in [0.4, 0.5) is 0 Å². The summed E-state index contributed by atoms with van der Waals surface area (Å²) in [4.78, 5) is 2.28. The summed E-state index contributed by atoms with van der Waals surface area (Å²) in [5.74, 6) is 0. The largest absolute Gasteiger partial charge is 0.388 e. The van der Waals surface area contributed by atoms with Gasteiger partial charge in [-0.05, 0) is 36.6 Å². The van der Waals surface area contributed by atoms with Crippen LogP contribution in [0.5, 0.6) is 0 Å². The van der Waals surface area contributed by atoms with Crippen LogP contribution in [0, 0.1) is 5.41 Å². The Morgan fingerprint density at radius 2 is 2.00 bits per heavy atom. The Hall–Kier alpha value is -0.380. The highest BCUT2D eigenvalue weighted by Crippen LogP contribution is 2.21. The maximum atomic E-state index is 10.1. The van der Waals surface area contributed by atoms with E-state index in [1.165, 1.54) is 0 Å². The number of hydrogen-bond acceptors (Lipinski definition) is 2. The van der Waals surface area contributed by atoms with E-state index in [2.05, 4.69) is 48.6 Å². The van der Waals surface area contributed by atoms with Crippen LogP contribution >= 0.6 is 15.9 Å². The molecule has 18 heavy (non-hydrogen) atoms. The molecule has 0 spiro atoms. The lowest BCUT2D eigenvalue weighted by molar-refractivity contribution is 0.137. The third-order valence-corrected chi connectivity index (χ3v) is 3.26. The van der Waals surface area contributed by atoms with E-state index in [1.54, 1.807) is 0 Å². The molecule has 1 atom stereocenters. The topological polar surface area (TPSA) is 23.5 Å². The van der Waals surface area contributed by atoms with E-state index in [1.807, 2.05) is 24.3 Å². The first-order valence-corrected chi connectivity index (χ1v) is 7.19. The Morgan fingerprint density at radius 1 is 1.33 bits per heavy atom. The molecule has 1 N–H and O–H groups in total. The van der Waals surface area contributed by atoms with Gasteiger partial charge in [-0.15, -0.1) is 0 Å². The van der Waals surface area contributed by atoms with Gasteiger partial charge in [0.25, 0.3) is 0 Å². The van der Waals surface area contributed by atoms with E-state index in [4.69, 9.17) is 0 Å². The van der Waals surface area contributed by atoms with Crippen LogP contribution in [0.3, 0.4) is 0 Å². The fourth-order valence-corrected chi connectivity index (χ4v) is 2.53. The monoisotopic (exact) mass is 313 g/mol. The number of aliphatic hydroxyl groups is 1. The van der Waals surface area contributed by atoms with Crippen molar-refractivity contribution in [2.24, 2.45) is 5.41 Å². The van der Waals surface area contributed by atoms with Crippen LogP contribution in [0.2, 0.25) is 0 Å². The summed E-state index contributed by atoms with van der Waals surface area (Å²) < 4.78 is 1.02. The van der Waals surface area contributed by atoms with E-state index in [9.17, 15) is 5.11 Å². The molecule has 1 unspecified atom stereocenters. The summed E-state index contributed by atoms with van der Waals surface area (Å²) >= 11 is 3.43. The number of rotatable bonds is 5. The average Bonchev–Trinajstić information content (AvgIpc) is 2.23. The van der Waals surface area contributed by atoms with Gasteiger partial charge in [0.1, 0.15) is 0 Å². The molecule has 102 valence electrons. The molecule has 0 aliphatic rings. The minimum absolute atomic E-state index is 0.301. The van der Waals surface area contributed by atoms with Crippen LogP contribution in [0.25, 0.3) is 0 Å². The average molecular weight is 314 g/mol. The van der Waals surface area contributed by atoms with Crippen LogP contribution in [0.15, 0.2) is 28.7 Å². The number of aliphatic hydroxyl groups excluding tert-OH is 1. The van der Waals surface area contributed by atoms with Crippen LogP contribution < -0.4 is 0 Å². The minimum Gasteiger partial charge on any atom is -0.388 e. The maximum Gasteiger partial charge on any atom is 0.0802 e. The van der Waals surface area contributed by atoms with Gasteiger partial charge in [0, 0.05) is 17.6 Å². The lowest BCUT2D eigenvalue weighted by atomic mass is 9.96. The zero-order valence-corrected chi connectivity index (χ0v) is 13.4. The molecule has 0 fully saturated rings. The highest BCUT2D eigenvalue weighted by Gasteiger charge is 2.15. The lowest BCUT2D eigenvalue weighted by Gasteiger charge is -2.27. The molecular formula is C15H24BrNO. The summed E-state index contributed by atoms with van der Waals surface area (Å²) in [5.41, 5.74) is 1.28. The Bertz CT molecular complexity index is 373. The third kappa shape index (κ3) is 5.98. The fraction of sp³-hybridized carbons (Fsp3) is 0.600. The number of hydrogen-bond donors (Lipinski definition) is 1. The molecule has 0 radical (unpaired) electrons. The van der Waals surface area contributed by atoms with Crippen LogP contribution in [-0.4, -0.2) is 30.1 Å².